The lowest BCUT2D eigenvalue weighted by Crippen LogP contribution is -1.95. The van der Waals surface area contributed by atoms with Gasteiger partial charge in [-0.3, -0.25) is 0 Å². The number of allylic oxidation sites excluding steroid dienone is 1. The van der Waals surface area contributed by atoms with Crippen molar-refractivity contribution in [2.45, 2.75) is 26.2 Å². The van der Waals surface area contributed by atoms with Crippen molar-refractivity contribution in [3.63, 3.8) is 0 Å². The maximum Gasteiger partial charge on any atom is 0.0965 e. The summed E-state index contributed by atoms with van der Waals surface area (Å²) < 4.78 is 0. The molecule has 0 aromatic heterocycles. The summed E-state index contributed by atoms with van der Waals surface area (Å²) in [6.07, 6.45) is 2.43. The number of benzene rings is 2. The summed E-state index contributed by atoms with van der Waals surface area (Å²) in [5.74, 6) is 0.532. The van der Waals surface area contributed by atoms with E-state index in [9.17, 15) is 5.26 Å². The first kappa shape index (κ1) is 14.9. The summed E-state index contributed by atoms with van der Waals surface area (Å²) in [6.45, 7) is 4.36. The lowest BCUT2D eigenvalue weighted by atomic mass is 9.99. The van der Waals surface area contributed by atoms with Gasteiger partial charge in [0, 0.05) is 23.9 Å². The van der Waals surface area contributed by atoms with Crippen LogP contribution in [0.3, 0.4) is 0 Å². The number of nitrogens with one attached hydrogen (secondary N) is 1. The van der Waals surface area contributed by atoms with Crippen LogP contribution < -0.4 is 5.32 Å². The number of nitriles is 1. The molecule has 21 heavy (non-hydrogen) atoms. The number of rotatable bonds is 5. The Balaban J connectivity index is 2.03. The van der Waals surface area contributed by atoms with E-state index in [0.29, 0.717) is 12.3 Å². The van der Waals surface area contributed by atoms with Gasteiger partial charge in [-0.05, 0) is 29.2 Å². The van der Waals surface area contributed by atoms with Crippen LogP contribution in [0.15, 0.2) is 66.4 Å². The van der Waals surface area contributed by atoms with E-state index in [1.54, 1.807) is 6.20 Å². The first-order chi connectivity index (χ1) is 10.2. The average Bonchev–Trinajstić information content (AvgIpc) is 2.53. The molecule has 2 rings (SSSR count). The van der Waals surface area contributed by atoms with Gasteiger partial charge in [-0.15, -0.1) is 0 Å². The maximum atomic E-state index is 9.25. The normalized spacial score (nSPS) is 11.2. The minimum absolute atomic E-state index is 0.532. The van der Waals surface area contributed by atoms with E-state index in [2.05, 4.69) is 49.5 Å². The summed E-state index contributed by atoms with van der Waals surface area (Å²) in [6, 6.07) is 20.6. The minimum Gasteiger partial charge on any atom is -0.361 e. The molecule has 0 unspecified atom stereocenters. The Morgan fingerprint density at radius 1 is 1.10 bits per heavy atom. The molecule has 0 radical (unpaired) electrons. The van der Waals surface area contributed by atoms with Gasteiger partial charge in [0.15, 0.2) is 0 Å². The summed E-state index contributed by atoms with van der Waals surface area (Å²) in [7, 11) is 0. The first-order valence-electron chi connectivity index (χ1n) is 7.18. The molecule has 0 aliphatic heterocycles. The zero-order valence-corrected chi connectivity index (χ0v) is 12.5. The van der Waals surface area contributed by atoms with Gasteiger partial charge in [-0.1, -0.05) is 56.3 Å². The largest absolute Gasteiger partial charge is 0.361 e. The van der Waals surface area contributed by atoms with Gasteiger partial charge in [-0.25, -0.2) is 0 Å². The van der Waals surface area contributed by atoms with Gasteiger partial charge < -0.3 is 5.32 Å². The van der Waals surface area contributed by atoms with Crippen molar-refractivity contribution in [3.8, 4) is 6.07 Å². The third-order valence-corrected chi connectivity index (χ3v) is 3.37. The van der Waals surface area contributed by atoms with Gasteiger partial charge >= 0.3 is 0 Å². The Morgan fingerprint density at radius 2 is 1.76 bits per heavy atom. The van der Waals surface area contributed by atoms with Crippen molar-refractivity contribution in [2.24, 2.45) is 0 Å². The minimum atomic E-state index is 0.532. The predicted octanol–water partition coefficient (Wildman–Crippen LogP) is 4.87. The molecule has 0 amide bonds. The lowest BCUT2D eigenvalue weighted by molar-refractivity contribution is 0.865. The molecule has 1 N–H and O–H groups in total. The maximum absolute atomic E-state index is 9.25. The summed E-state index contributed by atoms with van der Waals surface area (Å²) in [5.41, 5.74) is 4.18. The number of para-hydroxylation sites is 1. The zero-order valence-electron chi connectivity index (χ0n) is 12.5. The van der Waals surface area contributed by atoms with Crippen LogP contribution in [0.1, 0.15) is 30.9 Å². The van der Waals surface area contributed by atoms with Gasteiger partial charge in [0.2, 0.25) is 0 Å². The molecule has 0 atom stereocenters. The lowest BCUT2D eigenvalue weighted by Gasteiger charge is -2.07. The zero-order chi connectivity index (χ0) is 15.1. The average molecular weight is 276 g/mol. The third kappa shape index (κ3) is 4.50. The molecule has 0 saturated heterocycles. The van der Waals surface area contributed by atoms with Crippen molar-refractivity contribution in [1.82, 2.24) is 0 Å². The molecule has 2 aromatic carbocycles. The molecule has 2 aromatic rings. The second-order valence-corrected chi connectivity index (χ2v) is 5.36. The van der Waals surface area contributed by atoms with Crippen LogP contribution in [0.2, 0.25) is 0 Å². The van der Waals surface area contributed by atoms with Crippen LogP contribution in [0, 0.1) is 11.3 Å². The van der Waals surface area contributed by atoms with Crippen LogP contribution in [-0.4, -0.2) is 0 Å². The van der Waals surface area contributed by atoms with E-state index in [1.807, 2.05) is 30.3 Å². The van der Waals surface area contributed by atoms with Crippen molar-refractivity contribution < 1.29 is 0 Å². The topological polar surface area (TPSA) is 35.8 Å². The Labute approximate surface area is 126 Å². The summed E-state index contributed by atoms with van der Waals surface area (Å²) in [5, 5.41) is 12.4. The molecule has 0 saturated carbocycles. The van der Waals surface area contributed by atoms with Gasteiger partial charge in [0.05, 0.1) is 6.07 Å². The quantitative estimate of drug-likeness (QED) is 0.791. The molecule has 106 valence electrons. The van der Waals surface area contributed by atoms with Crippen molar-refractivity contribution in [1.29, 1.82) is 5.26 Å². The number of anilines is 1. The Hall–Kier alpha value is -2.53. The van der Waals surface area contributed by atoms with Crippen molar-refractivity contribution >= 4 is 5.69 Å². The second kappa shape index (κ2) is 7.31. The van der Waals surface area contributed by atoms with Crippen LogP contribution in [0.5, 0.6) is 0 Å². The number of hydrogen-bond donors (Lipinski definition) is 1. The standard InChI is InChI=1S/C19H20N2/c1-15(2)18-10-8-16(9-11-18)12-17(13-20)14-21-19-6-4-3-5-7-19/h3-11,14-15,21H,12H2,1-2H3/b17-14-. The molecular formula is C19H20N2. The van der Waals surface area contributed by atoms with E-state index < -0.39 is 0 Å². The summed E-state index contributed by atoms with van der Waals surface area (Å²) >= 11 is 0. The van der Waals surface area contributed by atoms with Crippen LogP contribution in [-0.2, 0) is 6.42 Å². The molecule has 0 spiro atoms. The van der Waals surface area contributed by atoms with E-state index in [4.69, 9.17) is 0 Å². The Morgan fingerprint density at radius 3 is 2.33 bits per heavy atom. The second-order valence-electron chi connectivity index (χ2n) is 5.36. The van der Waals surface area contributed by atoms with Gasteiger partial charge in [0.1, 0.15) is 0 Å². The first-order valence-corrected chi connectivity index (χ1v) is 7.18. The van der Waals surface area contributed by atoms with Gasteiger partial charge in [0.25, 0.3) is 0 Å². The van der Waals surface area contributed by atoms with Crippen LogP contribution >= 0.6 is 0 Å². The van der Waals surface area contributed by atoms with Crippen molar-refractivity contribution in [2.75, 3.05) is 5.32 Å². The van der Waals surface area contributed by atoms with E-state index >= 15 is 0 Å². The fraction of sp³-hybridized carbons (Fsp3) is 0.211. The smallest absolute Gasteiger partial charge is 0.0965 e. The number of nitrogens with zero attached hydrogens (tertiary/aromatic N) is 1. The third-order valence-electron chi connectivity index (χ3n) is 3.37. The SMILES string of the molecule is CC(C)c1ccc(C/C(C#N)=C/Nc2ccccc2)cc1. The van der Waals surface area contributed by atoms with E-state index in [-0.39, 0.29) is 0 Å². The Bertz CT molecular complexity index is 632. The van der Waals surface area contributed by atoms with Gasteiger partial charge in [-0.2, -0.15) is 5.26 Å². The van der Waals surface area contributed by atoms with Crippen LogP contribution in [0.25, 0.3) is 0 Å². The molecular weight excluding hydrogens is 256 g/mol. The number of hydrogen-bond acceptors (Lipinski definition) is 2. The highest BCUT2D eigenvalue weighted by Crippen LogP contribution is 2.16. The molecule has 0 bridgehead atoms. The van der Waals surface area contributed by atoms with E-state index in [1.165, 1.54) is 5.56 Å². The fourth-order valence-corrected chi connectivity index (χ4v) is 2.07. The predicted molar refractivity (Wildman–Crippen MR) is 88.0 cm³/mol. The van der Waals surface area contributed by atoms with Crippen molar-refractivity contribution in [3.05, 3.63) is 77.5 Å². The molecule has 2 nitrogen and oxygen atoms in total. The highest BCUT2D eigenvalue weighted by atomic mass is 14.8. The fourth-order valence-electron chi connectivity index (χ4n) is 2.07. The Kier molecular flexibility index (Phi) is 5.17. The summed E-state index contributed by atoms with van der Waals surface area (Å²) in [4.78, 5) is 0. The van der Waals surface area contributed by atoms with Crippen LogP contribution in [0.4, 0.5) is 5.69 Å². The highest BCUT2D eigenvalue weighted by molar-refractivity contribution is 5.47. The molecule has 0 aliphatic carbocycles. The van der Waals surface area contributed by atoms with E-state index in [0.717, 1.165) is 16.8 Å². The molecule has 0 heterocycles. The molecule has 0 fully saturated rings. The monoisotopic (exact) mass is 276 g/mol. The molecule has 0 aliphatic rings. The molecule has 2 heteroatoms. The highest BCUT2D eigenvalue weighted by Gasteiger charge is 2.02.